The number of amides is 2. The van der Waals surface area contributed by atoms with Crippen LogP contribution in [0, 0.1) is 0 Å². The SMILES string of the molecule is CC(=O)Nc1ccc(N2CC(C)OC2=O)c(Cl)c1. The first kappa shape index (κ1) is 12.7. The number of carbonyl (C=O) groups excluding carboxylic acids is 2. The molecule has 2 rings (SSSR count). The number of anilines is 2. The van der Waals surface area contributed by atoms with Crippen molar-refractivity contribution in [1.82, 2.24) is 0 Å². The Morgan fingerprint density at radius 3 is 2.78 bits per heavy atom. The van der Waals surface area contributed by atoms with Crippen LogP contribution in [0.1, 0.15) is 13.8 Å². The molecule has 2 amide bonds. The predicted molar refractivity (Wildman–Crippen MR) is 69.0 cm³/mol. The highest BCUT2D eigenvalue weighted by Gasteiger charge is 2.30. The van der Waals surface area contributed by atoms with Gasteiger partial charge in [0.25, 0.3) is 0 Å². The molecule has 0 spiro atoms. The van der Waals surface area contributed by atoms with Gasteiger partial charge in [0, 0.05) is 12.6 Å². The minimum atomic E-state index is -0.406. The van der Waals surface area contributed by atoms with Crippen LogP contribution in [-0.2, 0) is 9.53 Å². The molecule has 6 heteroatoms. The maximum atomic E-state index is 11.6. The largest absolute Gasteiger partial charge is 0.444 e. The minimum Gasteiger partial charge on any atom is -0.444 e. The van der Waals surface area contributed by atoms with Gasteiger partial charge < -0.3 is 10.1 Å². The van der Waals surface area contributed by atoms with E-state index in [4.69, 9.17) is 16.3 Å². The van der Waals surface area contributed by atoms with Crippen LogP contribution in [0.3, 0.4) is 0 Å². The van der Waals surface area contributed by atoms with Crippen LogP contribution in [0.15, 0.2) is 18.2 Å². The van der Waals surface area contributed by atoms with Crippen molar-refractivity contribution in [1.29, 1.82) is 0 Å². The summed E-state index contributed by atoms with van der Waals surface area (Å²) in [6, 6.07) is 4.99. The molecule has 96 valence electrons. The minimum absolute atomic E-state index is 0.149. The number of hydrogen-bond acceptors (Lipinski definition) is 3. The molecular formula is C12H13ClN2O3. The average molecular weight is 269 g/mol. The Kier molecular flexibility index (Phi) is 3.43. The zero-order chi connectivity index (χ0) is 13.3. The molecular weight excluding hydrogens is 256 g/mol. The monoisotopic (exact) mass is 268 g/mol. The summed E-state index contributed by atoms with van der Waals surface area (Å²) in [5, 5.41) is 3.02. The number of nitrogens with one attached hydrogen (secondary N) is 1. The lowest BCUT2D eigenvalue weighted by atomic mass is 10.2. The van der Waals surface area contributed by atoms with Crippen LogP contribution in [0.25, 0.3) is 0 Å². The van der Waals surface area contributed by atoms with Gasteiger partial charge in [0.15, 0.2) is 0 Å². The van der Waals surface area contributed by atoms with E-state index in [1.54, 1.807) is 18.2 Å². The van der Waals surface area contributed by atoms with Crippen LogP contribution in [-0.4, -0.2) is 24.6 Å². The van der Waals surface area contributed by atoms with Crippen molar-refractivity contribution in [2.45, 2.75) is 20.0 Å². The van der Waals surface area contributed by atoms with Gasteiger partial charge in [-0.3, -0.25) is 9.69 Å². The van der Waals surface area contributed by atoms with E-state index in [0.29, 0.717) is 22.9 Å². The Morgan fingerprint density at radius 1 is 1.56 bits per heavy atom. The van der Waals surface area contributed by atoms with Crippen molar-refractivity contribution in [3.63, 3.8) is 0 Å². The van der Waals surface area contributed by atoms with Gasteiger partial charge in [0.2, 0.25) is 5.91 Å². The van der Waals surface area contributed by atoms with Gasteiger partial charge in [-0.2, -0.15) is 0 Å². The van der Waals surface area contributed by atoms with Crippen molar-refractivity contribution in [3.8, 4) is 0 Å². The third kappa shape index (κ3) is 2.56. The average Bonchev–Trinajstić information content (AvgIpc) is 2.57. The number of carbonyl (C=O) groups is 2. The van der Waals surface area contributed by atoms with Crippen molar-refractivity contribution >= 4 is 35.0 Å². The molecule has 1 saturated heterocycles. The zero-order valence-corrected chi connectivity index (χ0v) is 10.8. The fourth-order valence-electron chi connectivity index (χ4n) is 1.81. The molecule has 1 unspecified atom stereocenters. The summed E-state index contributed by atoms with van der Waals surface area (Å²) >= 11 is 6.11. The molecule has 1 aromatic rings. The molecule has 1 heterocycles. The van der Waals surface area contributed by atoms with Gasteiger partial charge in [-0.1, -0.05) is 11.6 Å². The topological polar surface area (TPSA) is 58.6 Å². The Labute approximate surface area is 110 Å². The summed E-state index contributed by atoms with van der Waals surface area (Å²) in [6.45, 7) is 3.71. The molecule has 1 atom stereocenters. The quantitative estimate of drug-likeness (QED) is 0.897. The molecule has 0 radical (unpaired) electrons. The van der Waals surface area contributed by atoms with Crippen LogP contribution < -0.4 is 10.2 Å². The van der Waals surface area contributed by atoms with Gasteiger partial charge in [0.05, 0.1) is 17.3 Å². The van der Waals surface area contributed by atoms with Gasteiger partial charge in [0.1, 0.15) is 6.10 Å². The number of halogens is 1. The van der Waals surface area contributed by atoms with E-state index in [2.05, 4.69) is 5.32 Å². The molecule has 0 aliphatic carbocycles. The van der Waals surface area contributed by atoms with E-state index in [1.165, 1.54) is 11.8 Å². The van der Waals surface area contributed by atoms with E-state index in [1.807, 2.05) is 6.92 Å². The highest BCUT2D eigenvalue weighted by atomic mass is 35.5. The number of nitrogens with zero attached hydrogens (tertiary/aromatic N) is 1. The lowest BCUT2D eigenvalue weighted by Crippen LogP contribution is -2.24. The number of hydrogen-bond donors (Lipinski definition) is 1. The second kappa shape index (κ2) is 4.86. The molecule has 0 bridgehead atoms. The molecule has 0 aromatic heterocycles. The molecule has 1 aliphatic rings. The third-order valence-corrected chi connectivity index (χ3v) is 2.82. The van der Waals surface area contributed by atoms with Crippen LogP contribution in [0.5, 0.6) is 0 Å². The predicted octanol–water partition coefficient (Wildman–Crippen LogP) is 2.64. The van der Waals surface area contributed by atoms with Crippen molar-refractivity contribution in [3.05, 3.63) is 23.2 Å². The van der Waals surface area contributed by atoms with Crippen molar-refractivity contribution in [2.75, 3.05) is 16.8 Å². The zero-order valence-electron chi connectivity index (χ0n) is 10.1. The fourth-order valence-corrected chi connectivity index (χ4v) is 2.09. The Bertz CT molecular complexity index is 504. The molecule has 5 nitrogen and oxygen atoms in total. The smallest absolute Gasteiger partial charge is 0.414 e. The molecule has 1 aromatic carbocycles. The lowest BCUT2D eigenvalue weighted by Gasteiger charge is -2.15. The van der Waals surface area contributed by atoms with Gasteiger partial charge in [-0.05, 0) is 25.1 Å². The summed E-state index contributed by atoms with van der Waals surface area (Å²) in [6.07, 6.45) is -0.555. The van der Waals surface area contributed by atoms with E-state index >= 15 is 0 Å². The maximum Gasteiger partial charge on any atom is 0.414 e. The van der Waals surface area contributed by atoms with Gasteiger partial charge >= 0.3 is 6.09 Å². The van der Waals surface area contributed by atoms with Crippen LogP contribution in [0.4, 0.5) is 16.2 Å². The Balaban J connectivity index is 2.25. The molecule has 1 aliphatic heterocycles. The Morgan fingerprint density at radius 2 is 2.28 bits per heavy atom. The number of ether oxygens (including phenoxy) is 1. The van der Waals surface area contributed by atoms with Crippen LogP contribution >= 0.6 is 11.6 Å². The fraction of sp³-hybridized carbons (Fsp3) is 0.333. The van der Waals surface area contributed by atoms with Gasteiger partial charge in [-0.25, -0.2) is 4.79 Å². The second-order valence-corrected chi connectivity index (χ2v) is 4.56. The van der Waals surface area contributed by atoms with Gasteiger partial charge in [-0.15, -0.1) is 0 Å². The first-order valence-corrected chi connectivity index (χ1v) is 5.90. The van der Waals surface area contributed by atoms with Crippen LogP contribution in [0.2, 0.25) is 5.02 Å². The molecule has 18 heavy (non-hydrogen) atoms. The van der Waals surface area contributed by atoms with E-state index < -0.39 is 6.09 Å². The van der Waals surface area contributed by atoms with Crippen molar-refractivity contribution in [2.24, 2.45) is 0 Å². The summed E-state index contributed by atoms with van der Waals surface area (Å²) in [4.78, 5) is 24.0. The molecule has 0 saturated carbocycles. The highest BCUT2D eigenvalue weighted by Crippen LogP contribution is 2.31. The number of cyclic esters (lactones) is 1. The first-order valence-electron chi connectivity index (χ1n) is 5.52. The normalized spacial score (nSPS) is 18.7. The standard InChI is InChI=1S/C12H13ClN2O3/c1-7-6-15(12(17)18-7)11-4-3-9(5-10(11)13)14-8(2)16/h3-5,7H,6H2,1-2H3,(H,14,16). The summed E-state index contributed by atoms with van der Waals surface area (Å²) in [7, 11) is 0. The first-order chi connectivity index (χ1) is 8.47. The Hall–Kier alpha value is -1.75. The second-order valence-electron chi connectivity index (χ2n) is 4.15. The summed E-state index contributed by atoms with van der Waals surface area (Å²) in [5.41, 5.74) is 1.18. The molecule has 1 fully saturated rings. The number of benzene rings is 1. The summed E-state index contributed by atoms with van der Waals surface area (Å²) in [5.74, 6) is -0.173. The van der Waals surface area contributed by atoms with E-state index in [9.17, 15) is 9.59 Å². The third-order valence-electron chi connectivity index (χ3n) is 2.52. The highest BCUT2D eigenvalue weighted by molar-refractivity contribution is 6.34. The maximum absolute atomic E-state index is 11.6. The van der Waals surface area contributed by atoms with E-state index in [-0.39, 0.29) is 12.0 Å². The summed E-state index contributed by atoms with van der Waals surface area (Å²) < 4.78 is 5.04. The van der Waals surface area contributed by atoms with E-state index in [0.717, 1.165) is 0 Å². The lowest BCUT2D eigenvalue weighted by molar-refractivity contribution is -0.114. The number of rotatable bonds is 2. The molecule has 1 N–H and O–H groups in total. The van der Waals surface area contributed by atoms with Crippen molar-refractivity contribution < 1.29 is 14.3 Å².